The predicted molar refractivity (Wildman–Crippen MR) is 92.6 cm³/mol. The standard InChI is InChI=1S/C16H12F2N2O3S2/c17-16(18)24-10-3-1-9(2-4-10)7-13-12-8-11(25(19,22)23)5-6-14(12)20-15(13)21/h1-8,16H,(H,20,21)(H2,19,22,23)/b13-7+. The predicted octanol–water partition coefficient (Wildman–Crippen LogP) is 3.14. The first-order chi connectivity index (χ1) is 11.7. The molecule has 0 atom stereocenters. The van der Waals surface area contributed by atoms with Crippen LogP contribution in [-0.4, -0.2) is 20.1 Å². The highest BCUT2D eigenvalue weighted by atomic mass is 32.2. The summed E-state index contributed by atoms with van der Waals surface area (Å²) in [7, 11) is -3.90. The van der Waals surface area contributed by atoms with Crippen molar-refractivity contribution < 1.29 is 22.0 Å². The fourth-order valence-electron chi connectivity index (χ4n) is 2.40. The number of anilines is 1. The van der Waals surface area contributed by atoms with Gasteiger partial charge in [-0.2, -0.15) is 8.78 Å². The van der Waals surface area contributed by atoms with Crippen molar-refractivity contribution in [2.45, 2.75) is 15.5 Å². The number of nitrogens with one attached hydrogen (secondary N) is 1. The third-order valence-corrected chi connectivity index (χ3v) is 5.15. The highest BCUT2D eigenvalue weighted by Crippen LogP contribution is 2.35. The molecular weight excluding hydrogens is 370 g/mol. The summed E-state index contributed by atoms with van der Waals surface area (Å²) in [6.07, 6.45) is 1.56. The normalized spacial score (nSPS) is 15.5. The molecule has 3 N–H and O–H groups in total. The molecule has 0 saturated heterocycles. The Morgan fingerprint density at radius 2 is 1.80 bits per heavy atom. The molecule has 1 aliphatic heterocycles. The van der Waals surface area contributed by atoms with Crippen molar-refractivity contribution in [1.82, 2.24) is 0 Å². The number of alkyl halides is 2. The number of fused-ring (bicyclic) bond motifs is 1. The van der Waals surface area contributed by atoms with E-state index in [9.17, 15) is 22.0 Å². The van der Waals surface area contributed by atoms with Gasteiger partial charge in [-0.1, -0.05) is 23.9 Å². The molecule has 2 aromatic rings. The number of hydrogen-bond donors (Lipinski definition) is 2. The Labute approximate surface area is 147 Å². The minimum atomic E-state index is -3.90. The molecule has 1 amide bonds. The number of primary sulfonamides is 1. The number of carbonyl (C=O) groups excluding carboxylic acids is 1. The third kappa shape index (κ3) is 3.89. The second kappa shape index (κ2) is 6.58. The molecule has 0 aromatic heterocycles. The lowest BCUT2D eigenvalue weighted by atomic mass is 10.0. The van der Waals surface area contributed by atoms with Crippen LogP contribution in [0.1, 0.15) is 11.1 Å². The van der Waals surface area contributed by atoms with Crippen molar-refractivity contribution in [3.05, 3.63) is 53.6 Å². The Bertz CT molecular complexity index is 971. The highest BCUT2D eigenvalue weighted by Gasteiger charge is 2.25. The number of hydrogen-bond acceptors (Lipinski definition) is 4. The Morgan fingerprint density at radius 3 is 2.40 bits per heavy atom. The van der Waals surface area contributed by atoms with Crippen molar-refractivity contribution in [2.75, 3.05) is 5.32 Å². The van der Waals surface area contributed by atoms with E-state index < -0.39 is 15.8 Å². The lowest BCUT2D eigenvalue weighted by Crippen LogP contribution is -2.12. The van der Waals surface area contributed by atoms with Gasteiger partial charge in [0.1, 0.15) is 0 Å². The summed E-state index contributed by atoms with van der Waals surface area (Å²) in [5.41, 5.74) is 1.79. The van der Waals surface area contributed by atoms with Gasteiger partial charge in [0.25, 0.3) is 11.7 Å². The number of rotatable bonds is 4. The average Bonchev–Trinajstić information content (AvgIpc) is 2.83. The maximum Gasteiger partial charge on any atom is 0.288 e. The summed E-state index contributed by atoms with van der Waals surface area (Å²) in [6.45, 7) is 0. The number of nitrogens with two attached hydrogens (primary N) is 1. The Hall–Kier alpha value is -2.23. The minimum absolute atomic E-state index is 0.0997. The van der Waals surface area contributed by atoms with Crippen LogP contribution in [0.4, 0.5) is 14.5 Å². The van der Waals surface area contributed by atoms with E-state index in [4.69, 9.17) is 5.14 Å². The molecule has 25 heavy (non-hydrogen) atoms. The van der Waals surface area contributed by atoms with Crippen molar-refractivity contribution >= 4 is 45.0 Å². The van der Waals surface area contributed by atoms with Gasteiger partial charge in [-0.3, -0.25) is 4.79 Å². The fraction of sp³-hybridized carbons (Fsp3) is 0.0625. The van der Waals surface area contributed by atoms with Crippen LogP contribution < -0.4 is 10.5 Å². The lowest BCUT2D eigenvalue weighted by molar-refractivity contribution is -0.110. The van der Waals surface area contributed by atoms with Gasteiger partial charge in [-0.05, 0) is 42.0 Å². The van der Waals surface area contributed by atoms with E-state index in [1.165, 1.54) is 30.3 Å². The minimum Gasteiger partial charge on any atom is -0.321 e. The summed E-state index contributed by atoms with van der Waals surface area (Å²) >= 11 is 0.430. The van der Waals surface area contributed by atoms with Crippen LogP contribution in [0.3, 0.4) is 0 Å². The first-order valence-electron chi connectivity index (χ1n) is 6.99. The Kier molecular flexibility index (Phi) is 4.63. The summed E-state index contributed by atoms with van der Waals surface area (Å²) < 4.78 is 47.7. The van der Waals surface area contributed by atoms with Gasteiger partial charge in [-0.25, -0.2) is 13.6 Å². The monoisotopic (exact) mass is 382 g/mol. The van der Waals surface area contributed by atoms with Gasteiger partial charge in [0, 0.05) is 21.7 Å². The van der Waals surface area contributed by atoms with E-state index in [0.29, 0.717) is 33.5 Å². The van der Waals surface area contributed by atoms with Crippen LogP contribution in [-0.2, 0) is 14.8 Å². The SMILES string of the molecule is NS(=O)(=O)c1ccc2c(c1)/C(=C\c1ccc(SC(F)F)cc1)C(=O)N2. The molecule has 2 aromatic carbocycles. The first-order valence-corrected chi connectivity index (χ1v) is 9.42. The van der Waals surface area contributed by atoms with Crippen LogP contribution in [0.2, 0.25) is 0 Å². The van der Waals surface area contributed by atoms with Gasteiger partial charge in [-0.15, -0.1) is 0 Å². The van der Waals surface area contributed by atoms with Crippen molar-refractivity contribution in [2.24, 2.45) is 5.14 Å². The molecule has 0 aliphatic carbocycles. The molecule has 1 aliphatic rings. The second-order valence-corrected chi connectivity index (χ2v) is 7.84. The zero-order chi connectivity index (χ0) is 18.2. The van der Waals surface area contributed by atoms with Crippen LogP contribution in [0.5, 0.6) is 0 Å². The zero-order valence-corrected chi connectivity index (χ0v) is 14.2. The number of sulfonamides is 1. The Morgan fingerprint density at radius 1 is 1.12 bits per heavy atom. The molecule has 0 radical (unpaired) electrons. The molecule has 1 heterocycles. The van der Waals surface area contributed by atoms with E-state index in [-0.39, 0.29) is 16.4 Å². The van der Waals surface area contributed by atoms with Crippen LogP contribution in [0.25, 0.3) is 11.6 Å². The molecule has 3 rings (SSSR count). The van der Waals surface area contributed by atoms with Crippen molar-refractivity contribution in [3.8, 4) is 0 Å². The Balaban J connectivity index is 1.98. The highest BCUT2D eigenvalue weighted by molar-refractivity contribution is 7.99. The van der Waals surface area contributed by atoms with Gasteiger partial charge >= 0.3 is 0 Å². The molecule has 9 heteroatoms. The van der Waals surface area contributed by atoms with Crippen molar-refractivity contribution in [1.29, 1.82) is 0 Å². The molecule has 130 valence electrons. The first kappa shape index (κ1) is 17.6. The number of thioether (sulfide) groups is 1. The third-order valence-electron chi connectivity index (χ3n) is 3.52. The summed E-state index contributed by atoms with van der Waals surface area (Å²) in [5, 5.41) is 7.76. The molecular formula is C16H12F2N2O3S2. The number of carbonyl (C=O) groups is 1. The van der Waals surface area contributed by atoms with Crippen LogP contribution >= 0.6 is 11.8 Å². The quantitative estimate of drug-likeness (QED) is 0.628. The van der Waals surface area contributed by atoms with Gasteiger partial charge in [0.15, 0.2) is 0 Å². The number of halogens is 2. The summed E-state index contributed by atoms with van der Waals surface area (Å²) in [4.78, 5) is 12.5. The molecule has 0 bridgehead atoms. The zero-order valence-electron chi connectivity index (χ0n) is 12.6. The summed E-state index contributed by atoms with van der Waals surface area (Å²) in [6, 6.07) is 10.4. The lowest BCUT2D eigenvalue weighted by Gasteiger charge is -2.03. The molecule has 0 saturated carbocycles. The maximum atomic E-state index is 12.3. The molecule has 5 nitrogen and oxygen atoms in total. The molecule has 0 unspecified atom stereocenters. The van der Waals surface area contributed by atoms with E-state index >= 15 is 0 Å². The van der Waals surface area contributed by atoms with Gasteiger partial charge in [0.05, 0.1) is 4.90 Å². The maximum absolute atomic E-state index is 12.3. The van der Waals surface area contributed by atoms with Gasteiger partial charge < -0.3 is 5.32 Å². The fourth-order valence-corrected chi connectivity index (χ4v) is 3.44. The van der Waals surface area contributed by atoms with Gasteiger partial charge in [0.2, 0.25) is 10.0 Å². The van der Waals surface area contributed by atoms with Crippen LogP contribution in [0.15, 0.2) is 52.3 Å². The molecule has 0 spiro atoms. The number of amides is 1. The average molecular weight is 382 g/mol. The largest absolute Gasteiger partial charge is 0.321 e. The topological polar surface area (TPSA) is 89.3 Å². The van der Waals surface area contributed by atoms with Crippen LogP contribution in [0, 0.1) is 0 Å². The molecule has 0 fully saturated rings. The van der Waals surface area contributed by atoms with Crippen molar-refractivity contribution in [3.63, 3.8) is 0 Å². The van der Waals surface area contributed by atoms with E-state index in [0.717, 1.165) is 0 Å². The van der Waals surface area contributed by atoms with E-state index in [1.807, 2.05) is 0 Å². The second-order valence-electron chi connectivity index (χ2n) is 5.21. The van der Waals surface area contributed by atoms with E-state index in [1.54, 1.807) is 18.2 Å². The van der Waals surface area contributed by atoms with E-state index in [2.05, 4.69) is 5.32 Å². The number of benzene rings is 2. The summed E-state index contributed by atoms with van der Waals surface area (Å²) in [5.74, 6) is -2.89. The smallest absolute Gasteiger partial charge is 0.288 e.